The van der Waals surface area contributed by atoms with E-state index in [1.54, 1.807) is 0 Å². The van der Waals surface area contributed by atoms with Gasteiger partial charge >= 0.3 is 25.7 Å². The molecule has 0 aromatic rings. The van der Waals surface area contributed by atoms with Crippen LogP contribution in [0.1, 0.15) is 303 Å². The number of carbonyl (C=O) groups excluding carboxylic acids is 3. The summed E-state index contributed by atoms with van der Waals surface area (Å²) in [7, 11) is -4.75. The Morgan fingerprint density at radius 2 is 0.703 bits per heavy atom. The highest BCUT2D eigenvalue weighted by Crippen LogP contribution is 2.43. The molecular weight excluding hydrogens is 952 g/mol. The van der Waals surface area contributed by atoms with Crippen LogP contribution < -0.4 is 0 Å². The Morgan fingerprint density at radius 1 is 0.392 bits per heavy atom. The summed E-state index contributed by atoms with van der Waals surface area (Å²) in [6, 6.07) is 0. The van der Waals surface area contributed by atoms with Crippen molar-refractivity contribution in [1.82, 2.24) is 0 Å². The van der Waals surface area contributed by atoms with Crippen molar-refractivity contribution in [2.24, 2.45) is 0 Å². The van der Waals surface area contributed by atoms with Crippen molar-refractivity contribution >= 4 is 25.7 Å². The molecule has 0 amide bonds. The van der Waals surface area contributed by atoms with Gasteiger partial charge in [-0.3, -0.25) is 23.4 Å². The van der Waals surface area contributed by atoms with E-state index in [0.29, 0.717) is 19.3 Å². The number of esters is 3. The molecule has 0 aromatic carbocycles. The van der Waals surface area contributed by atoms with E-state index in [4.69, 9.17) is 23.3 Å². The standard InChI is InChI=1S/C62H115O11P/c1-4-7-10-13-16-19-22-25-27-29-31-34-37-40-43-46-49-52-61(65)72-58(54-63)56-70-74(67,68)71-57-59(55-69-60(64)51-48-45-42-39-36-33-24-21-18-15-12-9-6-3)73-62(66)53-50-47-44-41-38-35-32-30-28-26-23-20-17-14-11-8-5-2/h9,12,18,21,33,36,58-59,63H,4-8,10-11,13-17,19-20,22-32,34-35,37-57H2,1-3H3,(H,67,68)/b12-9-,21-18-,36-33-. The smallest absolute Gasteiger partial charge is 0.462 e. The maximum atomic E-state index is 12.9. The lowest BCUT2D eigenvalue weighted by Crippen LogP contribution is -2.30. The van der Waals surface area contributed by atoms with E-state index in [2.05, 4.69) is 57.2 Å². The van der Waals surface area contributed by atoms with Gasteiger partial charge in [0.2, 0.25) is 0 Å². The van der Waals surface area contributed by atoms with E-state index < -0.39 is 57.8 Å². The van der Waals surface area contributed by atoms with Crippen LogP contribution in [-0.2, 0) is 42.2 Å². The number of unbranched alkanes of at least 4 members (excludes halogenated alkanes) is 35. The van der Waals surface area contributed by atoms with Gasteiger partial charge in [-0.05, 0) is 51.4 Å². The van der Waals surface area contributed by atoms with E-state index in [1.165, 1.54) is 167 Å². The fourth-order valence-electron chi connectivity index (χ4n) is 8.90. The molecule has 0 aliphatic carbocycles. The number of hydrogen-bond acceptors (Lipinski definition) is 10. The molecule has 74 heavy (non-hydrogen) atoms. The molecule has 0 rings (SSSR count). The predicted octanol–water partition coefficient (Wildman–Crippen LogP) is 18.4. The number of aliphatic hydroxyl groups excluding tert-OH is 1. The first-order chi connectivity index (χ1) is 36.2. The molecule has 434 valence electrons. The summed E-state index contributed by atoms with van der Waals surface area (Å²) >= 11 is 0. The van der Waals surface area contributed by atoms with Gasteiger partial charge < -0.3 is 24.2 Å². The SMILES string of the molecule is CC/C=C\C/C=C\C/C=C\CCCCCC(=O)OCC(COP(=O)(O)OCC(CO)OC(=O)CCCCCCCCCCCCCCCCCCC)OC(=O)CCCCCCCCCCCCCCCCCCC. The number of carbonyl (C=O) groups is 3. The fourth-order valence-corrected chi connectivity index (χ4v) is 9.69. The van der Waals surface area contributed by atoms with Crippen molar-refractivity contribution in [2.75, 3.05) is 26.4 Å². The number of rotatable bonds is 58. The van der Waals surface area contributed by atoms with Gasteiger partial charge in [0.25, 0.3) is 0 Å². The van der Waals surface area contributed by atoms with E-state index in [0.717, 1.165) is 77.0 Å². The van der Waals surface area contributed by atoms with E-state index in [9.17, 15) is 28.9 Å². The lowest BCUT2D eigenvalue weighted by atomic mass is 10.0. The molecule has 0 saturated carbocycles. The van der Waals surface area contributed by atoms with Gasteiger partial charge in [-0.25, -0.2) is 4.57 Å². The molecule has 3 unspecified atom stereocenters. The molecule has 0 aliphatic heterocycles. The second-order valence-corrected chi connectivity index (χ2v) is 22.3. The second kappa shape index (κ2) is 56.9. The van der Waals surface area contributed by atoms with Crippen LogP contribution in [0.5, 0.6) is 0 Å². The summed E-state index contributed by atoms with van der Waals surface area (Å²) < 4.78 is 39.6. The molecular formula is C62H115O11P. The summed E-state index contributed by atoms with van der Waals surface area (Å²) in [5.74, 6) is -1.47. The average molecular weight is 1070 g/mol. The molecule has 0 radical (unpaired) electrons. The van der Waals surface area contributed by atoms with Crippen molar-refractivity contribution in [3.63, 3.8) is 0 Å². The molecule has 12 heteroatoms. The molecule has 0 spiro atoms. The van der Waals surface area contributed by atoms with Gasteiger partial charge in [0.1, 0.15) is 12.7 Å². The summed E-state index contributed by atoms with van der Waals surface area (Å²) in [5, 5.41) is 9.84. The number of phosphoric acid groups is 1. The van der Waals surface area contributed by atoms with Gasteiger partial charge in [-0.15, -0.1) is 0 Å². The van der Waals surface area contributed by atoms with Crippen LogP contribution in [0.4, 0.5) is 0 Å². The zero-order chi connectivity index (χ0) is 54.1. The summed E-state index contributed by atoms with van der Waals surface area (Å²) in [6.07, 6.45) is 59.6. The van der Waals surface area contributed by atoms with Gasteiger partial charge in [0, 0.05) is 19.3 Å². The molecule has 2 N–H and O–H groups in total. The largest absolute Gasteiger partial charge is 0.472 e. The van der Waals surface area contributed by atoms with Crippen LogP contribution in [0.2, 0.25) is 0 Å². The minimum absolute atomic E-state index is 0.167. The lowest BCUT2D eigenvalue weighted by Gasteiger charge is -2.21. The Kier molecular flexibility index (Phi) is 55.1. The molecule has 11 nitrogen and oxygen atoms in total. The lowest BCUT2D eigenvalue weighted by molar-refractivity contribution is -0.161. The van der Waals surface area contributed by atoms with Gasteiger partial charge in [-0.2, -0.15) is 0 Å². The van der Waals surface area contributed by atoms with E-state index >= 15 is 0 Å². The van der Waals surface area contributed by atoms with Crippen LogP contribution in [0.25, 0.3) is 0 Å². The maximum Gasteiger partial charge on any atom is 0.472 e. The molecule has 0 aliphatic rings. The highest BCUT2D eigenvalue weighted by molar-refractivity contribution is 7.47. The summed E-state index contributed by atoms with van der Waals surface area (Å²) in [6.45, 7) is 4.56. The first-order valence-electron chi connectivity index (χ1n) is 30.9. The highest BCUT2D eigenvalue weighted by atomic mass is 31.2. The number of phosphoric ester groups is 1. The van der Waals surface area contributed by atoms with Crippen LogP contribution >= 0.6 is 7.82 Å². The normalized spacial score (nSPS) is 13.5. The number of hydrogen-bond donors (Lipinski definition) is 2. The Labute approximate surface area is 454 Å². The molecule has 0 heterocycles. The van der Waals surface area contributed by atoms with E-state index in [-0.39, 0.29) is 25.9 Å². The van der Waals surface area contributed by atoms with Crippen LogP contribution in [0.15, 0.2) is 36.5 Å². The van der Waals surface area contributed by atoms with Gasteiger partial charge in [-0.1, -0.05) is 269 Å². The highest BCUT2D eigenvalue weighted by Gasteiger charge is 2.28. The van der Waals surface area contributed by atoms with Crippen LogP contribution in [0, 0.1) is 0 Å². The zero-order valence-corrected chi connectivity index (χ0v) is 49.0. The Morgan fingerprint density at radius 3 is 1.08 bits per heavy atom. The predicted molar refractivity (Wildman–Crippen MR) is 307 cm³/mol. The van der Waals surface area contributed by atoms with E-state index in [1.807, 2.05) is 0 Å². The van der Waals surface area contributed by atoms with Gasteiger partial charge in [0.05, 0.1) is 19.8 Å². The Bertz CT molecular complexity index is 1380. The Hall–Kier alpha value is -2.30. The molecule has 0 saturated heterocycles. The minimum atomic E-state index is -4.75. The first kappa shape index (κ1) is 71.7. The van der Waals surface area contributed by atoms with Crippen molar-refractivity contribution in [3.05, 3.63) is 36.5 Å². The first-order valence-corrected chi connectivity index (χ1v) is 32.4. The van der Waals surface area contributed by atoms with Crippen LogP contribution in [0.3, 0.4) is 0 Å². The van der Waals surface area contributed by atoms with Crippen molar-refractivity contribution in [2.45, 2.75) is 315 Å². The Balaban J connectivity index is 4.65. The third-order valence-electron chi connectivity index (χ3n) is 13.6. The molecule has 0 bridgehead atoms. The van der Waals surface area contributed by atoms with Crippen molar-refractivity contribution < 1.29 is 52.2 Å². The fraction of sp³-hybridized carbons (Fsp3) is 0.855. The minimum Gasteiger partial charge on any atom is -0.462 e. The van der Waals surface area contributed by atoms with Crippen molar-refractivity contribution in [1.29, 1.82) is 0 Å². The summed E-state index contributed by atoms with van der Waals surface area (Å²) in [5.41, 5.74) is 0. The molecule has 3 atom stereocenters. The second-order valence-electron chi connectivity index (χ2n) is 20.9. The summed E-state index contributed by atoms with van der Waals surface area (Å²) in [4.78, 5) is 48.6. The van der Waals surface area contributed by atoms with Crippen LogP contribution in [-0.4, -0.2) is 66.5 Å². The number of allylic oxidation sites excluding steroid dienone is 6. The third kappa shape index (κ3) is 54.5. The van der Waals surface area contributed by atoms with Crippen molar-refractivity contribution in [3.8, 4) is 0 Å². The number of aliphatic hydroxyl groups is 1. The molecule has 0 aromatic heterocycles. The monoisotopic (exact) mass is 1070 g/mol. The average Bonchev–Trinajstić information content (AvgIpc) is 3.39. The molecule has 0 fully saturated rings. The zero-order valence-electron chi connectivity index (χ0n) is 48.1. The topological polar surface area (TPSA) is 155 Å². The maximum absolute atomic E-state index is 12.9. The number of ether oxygens (including phenoxy) is 3. The quantitative estimate of drug-likeness (QED) is 0.0197. The van der Waals surface area contributed by atoms with Gasteiger partial charge in [0.15, 0.2) is 6.10 Å². The third-order valence-corrected chi connectivity index (χ3v) is 14.5.